The van der Waals surface area contributed by atoms with Gasteiger partial charge in [0.05, 0.1) is 18.2 Å². The lowest BCUT2D eigenvalue weighted by Crippen LogP contribution is -2.42. The first-order valence-corrected chi connectivity index (χ1v) is 10.1. The number of nitrogen functional groups attached to an aromatic ring is 1. The summed E-state index contributed by atoms with van der Waals surface area (Å²) in [6.07, 6.45) is -1.36. The Balaban J connectivity index is 2.43. The van der Waals surface area contributed by atoms with Gasteiger partial charge in [0, 0.05) is 14.2 Å². The van der Waals surface area contributed by atoms with Gasteiger partial charge in [0.25, 0.3) is 0 Å². The first-order valence-electron chi connectivity index (χ1n) is 8.49. The molecule has 4 atom stereocenters. The van der Waals surface area contributed by atoms with Crippen LogP contribution in [0, 0.1) is 5.41 Å². The second-order valence-electron chi connectivity index (χ2n) is 6.41. The fraction of sp³-hybridized carbons (Fsp3) is 0.733. The van der Waals surface area contributed by atoms with Crippen molar-refractivity contribution in [2.45, 2.75) is 44.5 Å². The molecule has 0 amide bonds. The van der Waals surface area contributed by atoms with Crippen LogP contribution >= 0.6 is 0 Å². The molecule has 154 valence electrons. The van der Waals surface area contributed by atoms with Crippen LogP contribution in [0.5, 0.6) is 0 Å². The highest BCUT2D eigenvalue weighted by atomic mass is 32.2. The molecule has 1 aromatic heterocycles. The Morgan fingerprint density at radius 1 is 1.44 bits per heavy atom. The topological polar surface area (TPSA) is 154 Å². The van der Waals surface area contributed by atoms with Crippen molar-refractivity contribution in [3.05, 3.63) is 12.0 Å². The van der Waals surface area contributed by atoms with Crippen LogP contribution in [0.15, 0.2) is 6.33 Å². The molecular weight excluding hydrogens is 376 g/mol. The third-order valence-corrected chi connectivity index (χ3v) is 5.63. The minimum atomic E-state index is -3.54. The molecule has 2 rings (SSSR count). The van der Waals surface area contributed by atoms with Crippen LogP contribution in [0.4, 0.5) is 5.82 Å². The van der Waals surface area contributed by atoms with Crippen LogP contribution in [0.1, 0.15) is 25.8 Å². The number of methoxy groups -OCH3 is 1. The Labute approximate surface area is 159 Å². The minimum Gasteiger partial charge on any atom is -0.382 e. The van der Waals surface area contributed by atoms with Gasteiger partial charge in [-0.2, -0.15) is 0 Å². The van der Waals surface area contributed by atoms with Gasteiger partial charge in [0.1, 0.15) is 35.7 Å². The fourth-order valence-corrected chi connectivity index (χ4v) is 3.96. The minimum absolute atomic E-state index is 0.158. The van der Waals surface area contributed by atoms with Crippen LogP contribution in [-0.2, 0) is 24.2 Å². The number of sulfonamides is 1. The number of hydrogen-bond acceptors (Lipinski definition) is 8. The van der Waals surface area contributed by atoms with E-state index in [2.05, 4.69) is 15.0 Å². The van der Waals surface area contributed by atoms with E-state index in [-0.39, 0.29) is 23.4 Å². The predicted octanol–water partition coefficient (Wildman–Crippen LogP) is -0.536. The third-order valence-electron chi connectivity index (χ3n) is 4.24. The van der Waals surface area contributed by atoms with E-state index in [4.69, 9.17) is 25.4 Å². The molecule has 0 bridgehead atoms. The SMILES string of the molecule is CNc1c(C(=N)N)ncn1[C@@H]1O[C@H](CS(=O)(=O)NC)[C@@H](OC(C)C)[C@H]1OC. The maximum absolute atomic E-state index is 12.1. The van der Waals surface area contributed by atoms with E-state index in [1.807, 2.05) is 13.8 Å². The Morgan fingerprint density at radius 2 is 2.11 bits per heavy atom. The second-order valence-corrected chi connectivity index (χ2v) is 8.38. The number of amidine groups is 1. The van der Waals surface area contributed by atoms with E-state index < -0.39 is 34.6 Å². The summed E-state index contributed by atoms with van der Waals surface area (Å²) < 4.78 is 45.7. The lowest BCUT2D eigenvalue weighted by molar-refractivity contribution is -0.0769. The summed E-state index contributed by atoms with van der Waals surface area (Å²) >= 11 is 0. The lowest BCUT2D eigenvalue weighted by atomic mass is 10.1. The number of hydrogen-bond donors (Lipinski definition) is 4. The molecule has 0 unspecified atom stereocenters. The van der Waals surface area contributed by atoms with Crippen molar-refractivity contribution in [2.24, 2.45) is 5.73 Å². The van der Waals surface area contributed by atoms with Gasteiger partial charge < -0.3 is 25.3 Å². The number of nitrogens with one attached hydrogen (secondary N) is 3. The summed E-state index contributed by atoms with van der Waals surface area (Å²) in [6.45, 7) is 3.71. The number of nitrogens with zero attached hydrogens (tertiary/aromatic N) is 2. The van der Waals surface area contributed by atoms with Crippen molar-refractivity contribution in [2.75, 3.05) is 32.3 Å². The Bertz CT molecular complexity index is 765. The summed E-state index contributed by atoms with van der Waals surface area (Å²) in [7, 11) is 0.988. The third kappa shape index (κ3) is 4.58. The second kappa shape index (κ2) is 8.52. The summed E-state index contributed by atoms with van der Waals surface area (Å²) in [5.41, 5.74) is 5.84. The predicted molar refractivity (Wildman–Crippen MR) is 100 cm³/mol. The lowest BCUT2D eigenvalue weighted by Gasteiger charge is -2.25. The Kier molecular flexibility index (Phi) is 6.81. The molecule has 0 aromatic carbocycles. The van der Waals surface area contributed by atoms with Gasteiger partial charge >= 0.3 is 0 Å². The Hall–Kier alpha value is -1.73. The molecular formula is C15H28N6O5S. The van der Waals surface area contributed by atoms with Gasteiger partial charge in [0.15, 0.2) is 6.23 Å². The molecule has 1 aliphatic heterocycles. The van der Waals surface area contributed by atoms with Gasteiger partial charge in [0.2, 0.25) is 10.0 Å². The zero-order chi connectivity index (χ0) is 20.4. The summed E-state index contributed by atoms with van der Waals surface area (Å²) in [6, 6.07) is 0. The van der Waals surface area contributed by atoms with Crippen molar-refractivity contribution < 1.29 is 22.6 Å². The molecule has 1 aliphatic rings. The monoisotopic (exact) mass is 404 g/mol. The van der Waals surface area contributed by atoms with E-state index in [0.29, 0.717) is 5.82 Å². The molecule has 0 spiro atoms. The average molecular weight is 404 g/mol. The molecule has 1 saturated heterocycles. The standard InChI is InChI=1S/C15H28N6O5S/c1-8(2)25-11-9(6-27(22,23)19-4)26-15(12(11)24-5)21-7-20-10(13(16)17)14(21)18-3/h7-9,11-12,15,18-19H,6H2,1-5H3,(H3,16,17)/t9-,11-,12-,15-/m1/s1. The number of imidazole rings is 1. The summed E-state index contributed by atoms with van der Waals surface area (Å²) in [5.74, 6) is -0.00949. The van der Waals surface area contributed by atoms with E-state index in [0.717, 1.165) is 0 Å². The zero-order valence-corrected chi connectivity index (χ0v) is 16.9. The van der Waals surface area contributed by atoms with Gasteiger partial charge in [-0.25, -0.2) is 18.1 Å². The largest absolute Gasteiger partial charge is 0.382 e. The number of ether oxygens (including phenoxy) is 3. The number of rotatable bonds is 9. The molecule has 0 radical (unpaired) electrons. The highest BCUT2D eigenvalue weighted by molar-refractivity contribution is 7.89. The van der Waals surface area contributed by atoms with Crippen molar-refractivity contribution in [1.82, 2.24) is 14.3 Å². The average Bonchev–Trinajstić information content (AvgIpc) is 3.15. The van der Waals surface area contributed by atoms with Crippen LogP contribution in [0.3, 0.4) is 0 Å². The molecule has 5 N–H and O–H groups in total. The van der Waals surface area contributed by atoms with Crippen molar-refractivity contribution >= 4 is 21.7 Å². The maximum Gasteiger partial charge on any atom is 0.214 e. The van der Waals surface area contributed by atoms with E-state index in [1.54, 1.807) is 11.6 Å². The van der Waals surface area contributed by atoms with Gasteiger partial charge in [-0.15, -0.1) is 0 Å². The molecule has 11 nitrogen and oxygen atoms in total. The highest BCUT2D eigenvalue weighted by Crippen LogP contribution is 2.37. The van der Waals surface area contributed by atoms with Gasteiger partial charge in [-0.05, 0) is 20.9 Å². The molecule has 0 saturated carbocycles. The normalized spacial score (nSPS) is 25.9. The number of anilines is 1. The highest BCUT2D eigenvalue weighted by Gasteiger charge is 2.49. The van der Waals surface area contributed by atoms with Crippen LogP contribution in [0.25, 0.3) is 0 Å². The maximum atomic E-state index is 12.1. The quantitative estimate of drug-likeness (QED) is 0.316. The van der Waals surface area contributed by atoms with Crippen LogP contribution in [-0.4, -0.2) is 75.2 Å². The molecule has 12 heteroatoms. The summed E-state index contributed by atoms with van der Waals surface area (Å²) in [5, 5.41) is 10.6. The van der Waals surface area contributed by atoms with Crippen LogP contribution < -0.4 is 15.8 Å². The number of aromatic nitrogens is 2. The Morgan fingerprint density at radius 3 is 2.59 bits per heavy atom. The molecule has 2 heterocycles. The van der Waals surface area contributed by atoms with Gasteiger partial charge in [-0.1, -0.05) is 0 Å². The van der Waals surface area contributed by atoms with E-state index >= 15 is 0 Å². The van der Waals surface area contributed by atoms with E-state index in [9.17, 15) is 8.42 Å². The smallest absolute Gasteiger partial charge is 0.214 e. The molecule has 1 fully saturated rings. The molecule has 27 heavy (non-hydrogen) atoms. The zero-order valence-electron chi connectivity index (χ0n) is 16.1. The molecule has 1 aromatic rings. The molecule has 0 aliphatic carbocycles. The van der Waals surface area contributed by atoms with Crippen molar-refractivity contribution in [3.63, 3.8) is 0 Å². The van der Waals surface area contributed by atoms with Crippen LogP contribution in [0.2, 0.25) is 0 Å². The first-order chi connectivity index (χ1) is 12.6. The van der Waals surface area contributed by atoms with E-state index in [1.165, 1.54) is 20.5 Å². The van der Waals surface area contributed by atoms with Crippen molar-refractivity contribution in [3.8, 4) is 0 Å². The summed E-state index contributed by atoms with van der Waals surface area (Å²) in [4.78, 5) is 4.15. The first kappa shape index (κ1) is 21.6. The van der Waals surface area contributed by atoms with Crippen molar-refractivity contribution in [1.29, 1.82) is 5.41 Å². The van der Waals surface area contributed by atoms with Gasteiger partial charge in [-0.3, -0.25) is 9.98 Å². The fourth-order valence-electron chi connectivity index (χ4n) is 3.09. The number of nitrogens with two attached hydrogens (primary N) is 1.